The predicted molar refractivity (Wildman–Crippen MR) is 60.8 cm³/mol. The molecule has 0 radical (unpaired) electrons. The van der Waals surface area contributed by atoms with Crippen LogP contribution in [0.25, 0.3) is 0 Å². The van der Waals surface area contributed by atoms with E-state index in [0.717, 1.165) is 12.8 Å². The Bertz CT molecular complexity index is 235. The molecular formula is C10H20MgOSe. The second kappa shape index (κ2) is 3.84. The van der Waals surface area contributed by atoms with E-state index in [1.165, 1.54) is 6.42 Å². The van der Waals surface area contributed by atoms with Crippen LogP contribution in [0, 0.1) is 16.7 Å². The minimum absolute atomic E-state index is 0. The molecule has 2 saturated carbocycles. The van der Waals surface area contributed by atoms with Crippen LogP contribution in [0.1, 0.15) is 42.9 Å². The summed E-state index contributed by atoms with van der Waals surface area (Å²) < 4.78 is 0. The van der Waals surface area contributed by atoms with Crippen LogP contribution in [0.2, 0.25) is 0 Å². The molecule has 2 fully saturated rings. The number of carbonyl (C=O) groups is 1. The van der Waals surface area contributed by atoms with Crippen molar-refractivity contribution in [2.45, 2.75) is 40.0 Å². The maximum absolute atomic E-state index is 11.6. The summed E-state index contributed by atoms with van der Waals surface area (Å²) in [4.78, 5) is 11.6. The Kier molecular flexibility index (Phi) is 4.12. The number of carbonyl (C=O) groups excluding carboxylic acids is 1. The number of hydrogen-bond donors (Lipinski definition) is 0. The van der Waals surface area contributed by atoms with Gasteiger partial charge in [-0.3, -0.25) is 4.79 Å². The molecule has 0 aliphatic heterocycles. The molecule has 2 bridgehead atoms. The Balaban J connectivity index is -0.000000360. The van der Waals surface area contributed by atoms with E-state index in [-0.39, 0.29) is 53.8 Å². The Morgan fingerprint density at radius 2 is 1.92 bits per heavy atom. The first kappa shape index (κ1) is 14.0. The van der Waals surface area contributed by atoms with Crippen molar-refractivity contribution in [1.82, 2.24) is 0 Å². The van der Waals surface area contributed by atoms with E-state index < -0.39 is 0 Å². The molecule has 0 aromatic heterocycles. The molecule has 74 valence electrons. The van der Waals surface area contributed by atoms with Crippen molar-refractivity contribution < 1.29 is 7.65 Å². The summed E-state index contributed by atoms with van der Waals surface area (Å²) in [5.41, 5.74) is 0.307. The van der Waals surface area contributed by atoms with Gasteiger partial charge in [0.2, 0.25) is 0 Å². The summed E-state index contributed by atoms with van der Waals surface area (Å²) >= 11 is 0. The maximum atomic E-state index is 11.6. The minimum atomic E-state index is 0. The third-order valence-corrected chi connectivity index (χ3v) is 4.48. The van der Waals surface area contributed by atoms with Crippen molar-refractivity contribution in [2.24, 2.45) is 16.7 Å². The summed E-state index contributed by atoms with van der Waals surface area (Å²) in [7, 11) is 0. The van der Waals surface area contributed by atoms with Crippen molar-refractivity contribution >= 4 is 45.9 Å². The van der Waals surface area contributed by atoms with Crippen LogP contribution >= 0.6 is 0 Å². The predicted octanol–water partition coefficient (Wildman–Crippen LogP) is 1.33. The molecule has 2 aliphatic rings. The quantitative estimate of drug-likeness (QED) is 0.600. The van der Waals surface area contributed by atoms with E-state index >= 15 is 0 Å². The van der Waals surface area contributed by atoms with Crippen LogP contribution in [-0.2, 0) is 4.79 Å². The molecule has 0 aromatic carbocycles. The molecule has 0 saturated heterocycles. The Morgan fingerprint density at radius 3 is 2.08 bits per heavy atom. The summed E-state index contributed by atoms with van der Waals surface area (Å²) in [6.45, 7) is 6.67. The Labute approximate surface area is 110 Å². The molecule has 0 amide bonds. The van der Waals surface area contributed by atoms with E-state index in [9.17, 15) is 4.79 Å². The third-order valence-electron chi connectivity index (χ3n) is 4.48. The van der Waals surface area contributed by atoms with Gasteiger partial charge in [0.25, 0.3) is 0 Å². The van der Waals surface area contributed by atoms with Gasteiger partial charge in [-0.15, -0.1) is 0 Å². The first-order valence-corrected chi connectivity index (χ1v) is 4.52. The molecule has 3 heteroatoms. The molecule has 1 nitrogen and oxygen atoms in total. The second-order valence-corrected chi connectivity index (χ2v) is 4.92. The van der Waals surface area contributed by atoms with Gasteiger partial charge in [0, 0.05) is 11.8 Å². The zero-order chi connectivity index (χ0) is 8.28. The van der Waals surface area contributed by atoms with Gasteiger partial charge in [0.15, 0.2) is 0 Å². The van der Waals surface area contributed by atoms with Crippen molar-refractivity contribution in [3.8, 4) is 0 Å². The molecular weight excluding hydrogens is 239 g/mol. The van der Waals surface area contributed by atoms with Crippen molar-refractivity contribution in [3.05, 3.63) is 0 Å². The topological polar surface area (TPSA) is 17.1 Å². The van der Waals surface area contributed by atoms with Gasteiger partial charge in [-0.05, 0) is 24.2 Å². The van der Waals surface area contributed by atoms with Gasteiger partial charge in [0.05, 0.1) is 0 Å². The number of fused-ring (bicyclic) bond motifs is 2. The van der Waals surface area contributed by atoms with Crippen LogP contribution in [0.4, 0.5) is 0 Å². The number of rotatable bonds is 0. The summed E-state index contributed by atoms with van der Waals surface area (Å²) in [5.74, 6) is 1.19. The fraction of sp³-hybridized carbons (Fsp3) is 0.900. The summed E-state index contributed by atoms with van der Waals surface area (Å²) in [6, 6.07) is 0. The Hall–Kier alpha value is 0.956. The fourth-order valence-electron chi connectivity index (χ4n) is 2.90. The normalized spacial score (nSPS) is 39.6. The molecule has 0 heterocycles. The number of Topliss-reactive ketones (excluding diaryl/α,β-unsaturated/α-hetero) is 1. The standard InChI is InChI=1S/C10H16O.Mg.H2Se.2H/c1-9(2)7-4-5-10(9,3)8(11)6-7;;;;/h7H,4-6H2,1-3H3;;1H2;;/q;+2;;2*-1. The zero-order valence-electron chi connectivity index (χ0n) is 10.8. The molecule has 2 unspecified atom stereocenters. The van der Waals surface area contributed by atoms with Crippen LogP contribution in [0.3, 0.4) is 0 Å². The molecule has 2 rings (SSSR count). The number of ketones is 1. The fourth-order valence-corrected chi connectivity index (χ4v) is 2.90. The second-order valence-electron chi connectivity index (χ2n) is 4.92. The number of hydrogen-bond acceptors (Lipinski definition) is 1. The van der Waals surface area contributed by atoms with E-state index in [4.69, 9.17) is 0 Å². The Morgan fingerprint density at radius 1 is 1.38 bits per heavy atom. The molecule has 0 aromatic rings. The van der Waals surface area contributed by atoms with Crippen molar-refractivity contribution in [1.29, 1.82) is 0 Å². The van der Waals surface area contributed by atoms with Gasteiger partial charge >= 0.3 is 40.1 Å². The van der Waals surface area contributed by atoms with Gasteiger partial charge in [-0.1, -0.05) is 20.8 Å². The molecule has 0 spiro atoms. The molecule has 0 N–H and O–H groups in total. The van der Waals surface area contributed by atoms with Crippen LogP contribution in [0.5, 0.6) is 0 Å². The van der Waals surface area contributed by atoms with Gasteiger partial charge in [-0.2, -0.15) is 0 Å². The van der Waals surface area contributed by atoms with E-state index in [1.54, 1.807) is 0 Å². The van der Waals surface area contributed by atoms with E-state index in [0.29, 0.717) is 11.7 Å². The van der Waals surface area contributed by atoms with Crippen LogP contribution < -0.4 is 0 Å². The van der Waals surface area contributed by atoms with Gasteiger partial charge in [0.1, 0.15) is 5.78 Å². The van der Waals surface area contributed by atoms with Gasteiger partial charge < -0.3 is 2.85 Å². The molecule has 2 atom stereocenters. The monoisotopic (exact) mass is 260 g/mol. The summed E-state index contributed by atoms with van der Waals surface area (Å²) in [6.07, 6.45) is 3.25. The van der Waals surface area contributed by atoms with Crippen LogP contribution in [-0.4, -0.2) is 45.9 Å². The first-order valence-electron chi connectivity index (χ1n) is 4.52. The van der Waals surface area contributed by atoms with E-state index in [2.05, 4.69) is 20.8 Å². The summed E-state index contributed by atoms with van der Waals surface area (Å²) in [5, 5.41) is 0. The van der Waals surface area contributed by atoms with Crippen molar-refractivity contribution in [3.63, 3.8) is 0 Å². The average molecular weight is 260 g/mol. The average Bonchev–Trinajstić information content (AvgIpc) is 2.20. The zero-order valence-corrected chi connectivity index (χ0v) is 12.3. The van der Waals surface area contributed by atoms with E-state index in [1.807, 2.05) is 0 Å². The van der Waals surface area contributed by atoms with Crippen LogP contribution in [0.15, 0.2) is 0 Å². The SMILES string of the molecule is CC12CCC(CC1=O)C2(C)C.[H-].[H-].[Mg+2].[SeH2]. The third kappa shape index (κ3) is 1.52. The molecule has 13 heavy (non-hydrogen) atoms. The molecule has 2 aliphatic carbocycles. The first-order chi connectivity index (χ1) is 4.98. The van der Waals surface area contributed by atoms with Gasteiger partial charge in [-0.25, -0.2) is 0 Å². The van der Waals surface area contributed by atoms with Crippen molar-refractivity contribution in [2.75, 3.05) is 0 Å².